The molecule has 1 amide bonds. The van der Waals surface area contributed by atoms with Gasteiger partial charge in [0.05, 0.1) is 6.10 Å². The van der Waals surface area contributed by atoms with Crippen LogP contribution in [0.4, 0.5) is 4.39 Å². The van der Waals surface area contributed by atoms with Crippen LogP contribution in [0.3, 0.4) is 0 Å². The first-order valence-corrected chi connectivity index (χ1v) is 7.40. The fraction of sp³-hybridized carbons (Fsp3) is 0.562. The molecule has 21 heavy (non-hydrogen) atoms. The zero-order valence-electron chi connectivity index (χ0n) is 12.1. The second kappa shape index (κ2) is 6.02. The van der Waals surface area contributed by atoms with Gasteiger partial charge in [0, 0.05) is 19.2 Å². The van der Waals surface area contributed by atoms with Gasteiger partial charge in [0.1, 0.15) is 0 Å². The van der Waals surface area contributed by atoms with Crippen LogP contribution in [0.25, 0.3) is 0 Å². The largest absolute Gasteiger partial charge is 0.481 e. The Kier molecular flexibility index (Phi) is 4.10. The van der Waals surface area contributed by atoms with Gasteiger partial charge < -0.3 is 14.4 Å². The lowest BCUT2D eigenvalue weighted by Gasteiger charge is -2.38. The summed E-state index contributed by atoms with van der Waals surface area (Å²) < 4.78 is 24.2. The van der Waals surface area contributed by atoms with Crippen LogP contribution < -0.4 is 4.74 Å². The molecule has 1 aromatic carbocycles. The number of ether oxygens (including phenoxy) is 2. The fourth-order valence-corrected chi connectivity index (χ4v) is 3.50. The number of fused-ring (bicyclic) bond motifs is 2. The maximum Gasteiger partial charge on any atom is 0.261 e. The number of amides is 1. The van der Waals surface area contributed by atoms with Crippen LogP contribution >= 0.6 is 0 Å². The highest BCUT2D eigenvalue weighted by Gasteiger charge is 2.43. The van der Waals surface area contributed by atoms with Gasteiger partial charge >= 0.3 is 0 Å². The lowest BCUT2D eigenvalue weighted by atomic mass is 10.00. The Morgan fingerprint density at radius 2 is 1.95 bits per heavy atom. The fourth-order valence-electron chi connectivity index (χ4n) is 3.50. The number of carbonyl (C=O) groups excluding carboxylic acids is 1. The van der Waals surface area contributed by atoms with Gasteiger partial charge in [0.25, 0.3) is 5.91 Å². The Bertz CT molecular complexity index is 508. The molecule has 0 aliphatic carbocycles. The number of piperidine rings is 1. The van der Waals surface area contributed by atoms with Crippen LogP contribution in [0.1, 0.15) is 25.7 Å². The summed E-state index contributed by atoms with van der Waals surface area (Å²) in [6, 6.07) is 6.63. The van der Waals surface area contributed by atoms with Crippen LogP contribution in [0.15, 0.2) is 24.3 Å². The minimum atomic E-state index is -0.439. The van der Waals surface area contributed by atoms with Crippen molar-refractivity contribution in [2.75, 3.05) is 13.7 Å². The molecule has 114 valence electrons. The first-order chi connectivity index (χ1) is 10.2. The summed E-state index contributed by atoms with van der Waals surface area (Å²) in [5.74, 6) is -0.364. The standard InChI is InChI=1S/C16H20FNO3/c1-20-13-8-11-6-7-12(9-13)18(11)16(19)10-21-15-5-3-2-4-14(15)17/h2-5,11-13H,6-10H2,1H3. The Labute approximate surface area is 123 Å². The van der Waals surface area contributed by atoms with Crippen molar-refractivity contribution in [3.63, 3.8) is 0 Å². The maximum atomic E-state index is 13.5. The molecule has 2 aliphatic heterocycles. The van der Waals surface area contributed by atoms with E-state index in [0.717, 1.165) is 25.7 Å². The van der Waals surface area contributed by atoms with Gasteiger partial charge in [-0.3, -0.25) is 4.79 Å². The van der Waals surface area contributed by atoms with Crippen LogP contribution in [-0.4, -0.2) is 42.7 Å². The van der Waals surface area contributed by atoms with Gasteiger partial charge in [-0.15, -0.1) is 0 Å². The minimum Gasteiger partial charge on any atom is -0.481 e. The molecule has 0 aromatic heterocycles. The van der Waals surface area contributed by atoms with Crippen LogP contribution in [0, 0.1) is 5.82 Å². The van der Waals surface area contributed by atoms with Gasteiger partial charge in [-0.25, -0.2) is 4.39 Å². The third-order valence-electron chi connectivity index (χ3n) is 4.50. The van der Waals surface area contributed by atoms with Crippen LogP contribution in [0.2, 0.25) is 0 Å². The third-order valence-corrected chi connectivity index (χ3v) is 4.50. The number of nitrogens with zero attached hydrogens (tertiary/aromatic N) is 1. The van der Waals surface area contributed by atoms with E-state index in [2.05, 4.69) is 0 Å². The number of hydrogen-bond acceptors (Lipinski definition) is 3. The smallest absolute Gasteiger partial charge is 0.261 e. The zero-order valence-corrected chi connectivity index (χ0v) is 12.1. The highest BCUT2D eigenvalue weighted by molar-refractivity contribution is 5.79. The molecule has 2 unspecified atom stereocenters. The molecule has 2 fully saturated rings. The lowest BCUT2D eigenvalue weighted by Crippen LogP contribution is -2.50. The van der Waals surface area contributed by atoms with Gasteiger partial charge in [0.15, 0.2) is 18.2 Å². The van der Waals surface area contributed by atoms with Crippen LogP contribution in [-0.2, 0) is 9.53 Å². The van der Waals surface area contributed by atoms with E-state index in [4.69, 9.17) is 9.47 Å². The number of carbonyl (C=O) groups is 1. The van der Waals surface area contributed by atoms with E-state index in [1.165, 1.54) is 12.1 Å². The molecule has 2 atom stereocenters. The Balaban J connectivity index is 1.60. The van der Waals surface area contributed by atoms with E-state index in [1.807, 2.05) is 4.90 Å². The predicted octanol–water partition coefficient (Wildman–Crippen LogP) is 2.37. The molecule has 2 aliphatic rings. The minimum absolute atomic E-state index is 0.0553. The van der Waals surface area contributed by atoms with E-state index < -0.39 is 5.82 Å². The Morgan fingerprint density at radius 1 is 1.29 bits per heavy atom. The number of rotatable bonds is 4. The first-order valence-electron chi connectivity index (χ1n) is 7.40. The van der Waals surface area contributed by atoms with Crippen molar-refractivity contribution in [3.05, 3.63) is 30.1 Å². The molecular weight excluding hydrogens is 273 g/mol. The summed E-state index contributed by atoms with van der Waals surface area (Å²) in [6.07, 6.45) is 4.07. The third kappa shape index (κ3) is 2.88. The Morgan fingerprint density at radius 3 is 2.57 bits per heavy atom. The second-order valence-corrected chi connectivity index (χ2v) is 5.73. The molecule has 3 rings (SSSR count). The number of halogens is 1. The summed E-state index contributed by atoms with van der Waals surface area (Å²) in [5.41, 5.74) is 0. The number of methoxy groups -OCH3 is 1. The van der Waals surface area contributed by atoms with E-state index in [0.29, 0.717) is 0 Å². The van der Waals surface area contributed by atoms with E-state index in [1.54, 1.807) is 19.2 Å². The molecule has 2 bridgehead atoms. The highest BCUT2D eigenvalue weighted by atomic mass is 19.1. The lowest BCUT2D eigenvalue weighted by molar-refractivity contribution is -0.140. The maximum absolute atomic E-state index is 13.5. The summed E-state index contributed by atoms with van der Waals surface area (Å²) in [7, 11) is 1.73. The Hall–Kier alpha value is -1.62. The molecule has 5 heteroatoms. The zero-order chi connectivity index (χ0) is 14.8. The molecule has 1 aromatic rings. The van der Waals surface area contributed by atoms with Crippen molar-refractivity contribution in [2.24, 2.45) is 0 Å². The van der Waals surface area contributed by atoms with Crippen molar-refractivity contribution >= 4 is 5.91 Å². The van der Waals surface area contributed by atoms with Crippen molar-refractivity contribution in [2.45, 2.75) is 43.9 Å². The average molecular weight is 293 g/mol. The molecule has 0 saturated carbocycles. The molecule has 0 N–H and O–H groups in total. The quantitative estimate of drug-likeness (QED) is 0.855. The topological polar surface area (TPSA) is 38.8 Å². The van der Waals surface area contributed by atoms with Crippen molar-refractivity contribution < 1.29 is 18.7 Å². The second-order valence-electron chi connectivity index (χ2n) is 5.73. The van der Waals surface area contributed by atoms with Gasteiger partial charge in [0.2, 0.25) is 0 Å². The van der Waals surface area contributed by atoms with Gasteiger partial charge in [-0.05, 0) is 37.8 Å². The molecule has 4 nitrogen and oxygen atoms in total. The number of para-hydroxylation sites is 1. The highest BCUT2D eigenvalue weighted by Crippen LogP contribution is 2.36. The predicted molar refractivity (Wildman–Crippen MR) is 75.6 cm³/mol. The van der Waals surface area contributed by atoms with Gasteiger partial charge in [-0.1, -0.05) is 12.1 Å². The summed E-state index contributed by atoms with van der Waals surface area (Å²) in [6.45, 7) is -0.106. The van der Waals surface area contributed by atoms with Gasteiger partial charge in [-0.2, -0.15) is 0 Å². The van der Waals surface area contributed by atoms with E-state index in [9.17, 15) is 9.18 Å². The van der Waals surface area contributed by atoms with E-state index in [-0.39, 0.29) is 36.5 Å². The molecular formula is C16H20FNO3. The molecule has 2 heterocycles. The first kappa shape index (κ1) is 14.3. The van der Waals surface area contributed by atoms with E-state index >= 15 is 0 Å². The molecule has 0 radical (unpaired) electrons. The average Bonchev–Trinajstić information content (AvgIpc) is 2.76. The SMILES string of the molecule is COC1CC2CCC(C1)N2C(=O)COc1ccccc1F. The van der Waals surface area contributed by atoms with Crippen molar-refractivity contribution in [3.8, 4) is 5.75 Å². The monoisotopic (exact) mass is 293 g/mol. The summed E-state index contributed by atoms with van der Waals surface area (Å²) >= 11 is 0. The van der Waals surface area contributed by atoms with Crippen molar-refractivity contribution in [1.29, 1.82) is 0 Å². The number of benzene rings is 1. The summed E-state index contributed by atoms with van der Waals surface area (Å²) in [5, 5.41) is 0. The normalized spacial score (nSPS) is 27.7. The number of hydrogen-bond donors (Lipinski definition) is 0. The molecule has 2 saturated heterocycles. The van der Waals surface area contributed by atoms with Crippen LogP contribution in [0.5, 0.6) is 5.75 Å². The molecule has 0 spiro atoms. The summed E-state index contributed by atoms with van der Waals surface area (Å²) in [4.78, 5) is 14.3. The van der Waals surface area contributed by atoms with Crippen molar-refractivity contribution in [1.82, 2.24) is 4.90 Å².